The van der Waals surface area contributed by atoms with Gasteiger partial charge in [0.15, 0.2) is 11.5 Å². The van der Waals surface area contributed by atoms with Crippen LogP contribution in [-0.4, -0.2) is 84.2 Å². The Morgan fingerprint density at radius 2 is 1.83 bits per heavy atom. The Morgan fingerprint density at radius 3 is 2.41 bits per heavy atom. The van der Waals surface area contributed by atoms with Crippen LogP contribution in [0.4, 0.5) is 0 Å². The van der Waals surface area contributed by atoms with Gasteiger partial charge >= 0.3 is 0 Å². The number of nitrogens with one attached hydrogen (secondary N) is 1. The van der Waals surface area contributed by atoms with Gasteiger partial charge in [0.05, 0.1) is 19.7 Å². The van der Waals surface area contributed by atoms with Crippen molar-refractivity contribution in [3.05, 3.63) is 22.5 Å². The molecule has 0 aromatic heterocycles. The molecule has 0 aromatic carbocycles. The summed E-state index contributed by atoms with van der Waals surface area (Å²) >= 11 is 0. The minimum Gasteiger partial charge on any atom is -0.492 e. The summed E-state index contributed by atoms with van der Waals surface area (Å²) in [6, 6.07) is -2.03. The number of carbonyl (C=O) groups excluding carboxylic acids is 6. The molecular weight excluding hydrogens is 382 g/mol. The zero-order valence-corrected chi connectivity index (χ0v) is 16.5. The van der Waals surface area contributed by atoms with Crippen molar-refractivity contribution < 1.29 is 33.5 Å². The van der Waals surface area contributed by atoms with Crippen LogP contribution < -0.4 is 5.32 Å². The molecule has 0 unspecified atom stereocenters. The minimum atomic E-state index is -1.06. The molecule has 0 bridgehead atoms. The fourth-order valence-electron chi connectivity index (χ4n) is 4.02. The molecule has 3 aliphatic rings. The number of ketones is 3. The van der Waals surface area contributed by atoms with Crippen molar-refractivity contribution in [1.29, 1.82) is 0 Å². The van der Waals surface area contributed by atoms with E-state index in [0.717, 1.165) is 6.92 Å². The first-order valence-corrected chi connectivity index (χ1v) is 9.02. The Morgan fingerprint density at radius 1 is 1.17 bits per heavy atom. The molecule has 2 aliphatic heterocycles. The van der Waals surface area contributed by atoms with Crippen LogP contribution in [0.3, 0.4) is 0 Å². The molecule has 0 aromatic rings. The highest BCUT2D eigenvalue weighted by atomic mass is 16.5. The van der Waals surface area contributed by atoms with Crippen molar-refractivity contribution in [2.75, 3.05) is 27.2 Å². The Hall–Kier alpha value is -3.30. The number of fused-ring (bicyclic) bond motifs is 1. The molecule has 1 aliphatic carbocycles. The number of rotatable bonds is 4. The van der Waals surface area contributed by atoms with Gasteiger partial charge < -0.3 is 19.9 Å². The van der Waals surface area contributed by atoms with Crippen LogP contribution in [0.1, 0.15) is 20.3 Å². The average Bonchev–Trinajstić information content (AvgIpc) is 2.67. The zero-order chi connectivity index (χ0) is 21.6. The van der Waals surface area contributed by atoms with Gasteiger partial charge in [0.2, 0.25) is 23.4 Å². The zero-order valence-electron chi connectivity index (χ0n) is 16.5. The van der Waals surface area contributed by atoms with E-state index in [1.54, 1.807) is 0 Å². The van der Waals surface area contributed by atoms with Crippen LogP contribution in [0.2, 0.25) is 0 Å². The fraction of sp³-hybridized carbons (Fsp3) is 0.474. The van der Waals surface area contributed by atoms with Gasteiger partial charge in [-0.2, -0.15) is 0 Å². The number of hydrogen-bond donors (Lipinski definition) is 1. The van der Waals surface area contributed by atoms with Gasteiger partial charge in [-0.25, -0.2) is 0 Å². The van der Waals surface area contributed by atoms with E-state index in [-0.39, 0.29) is 47.9 Å². The highest BCUT2D eigenvalue weighted by Gasteiger charge is 2.51. The van der Waals surface area contributed by atoms with Crippen molar-refractivity contribution in [3.63, 3.8) is 0 Å². The topological polar surface area (TPSA) is 130 Å². The van der Waals surface area contributed by atoms with Gasteiger partial charge in [-0.05, 0) is 6.92 Å². The molecule has 0 radical (unpaired) electrons. The van der Waals surface area contributed by atoms with E-state index in [9.17, 15) is 28.8 Å². The highest BCUT2D eigenvalue weighted by Crippen LogP contribution is 2.38. The van der Waals surface area contributed by atoms with Crippen LogP contribution in [0.5, 0.6) is 0 Å². The maximum absolute atomic E-state index is 13.1. The summed E-state index contributed by atoms with van der Waals surface area (Å²) in [5, 5.41) is 2.38. The number of allylic oxidation sites excluding steroid dienone is 2. The van der Waals surface area contributed by atoms with E-state index in [0.29, 0.717) is 0 Å². The first-order chi connectivity index (χ1) is 13.6. The quantitative estimate of drug-likeness (QED) is 0.447. The molecule has 3 amide bonds. The first kappa shape index (κ1) is 20.4. The van der Waals surface area contributed by atoms with Gasteiger partial charge in [-0.3, -0.25) is 28.8 Å². The van der Waals surface area contributed by atoms with Crippen LogP contribution in [0, 0.1) is 0 Å². The number of methoxy groups -OCH3 is 1. The van der Waals surface area contributed by atoms with Crippen molar-refractivity contribution in [2.24, 2.45) is 0 Å². The molecule has 1 fully saturated rings. The molecule has 10 heteroatoms. The molecular formula is C19H21N3O7. The van der Waals surface area contributed by atoms with E-state index >= 15 is 0 Å². The molecule has 2 heterocycles. The van der Waals surface area contributed by atoms with Gasteiger partial charge in [0.25, 0.3) is 5.91 Å². The summed E-state index contributed by atoms with van der Waals surface area (Å²) in [7, 11) is 2.74. The summed E-state index contributed by atoms with van der Waals surface area (Å²) < 4.78 is 5.10. The number of Topliss-reactive ketones (excluding diaryl/α,β-unsaturated/α-hetero) is 3. The maximum Gasteiger partial charge on any atom is 0.287 e. The molecule has 0 spiro atoms. The third-order valence-electron chi connectivity index (χ3n) is 5.44. The maximum atomic E-state index is 13.1. The van der Waals surface area contributed by atoms with Gasteiger partial charge in [-0.1, -0.05) is 0 Å². The second-order valence-corrected chi connectivity index (χ2v) is 7.21. The Kier molecular flexibility index (Phi) is 5.12. The fourth-order valence-corrected chi connectivity index (χ4v) is 4.02. The van der Waals surface area contributed by atoms with Crippen molar-refractivity contribution in [3.8, 4) is 0 Å². The van der Waals surface area contributed by atoms with Gasteiger partial charge in [0, 0.05) is 43.7 Å². The second-order valence-electron chi connectivity index (χ2n) is 7.21. The third kappa shape index (κ3) is 3.14. The van der Waals surface area contributed by atoms with E-state index < -0.39 is 41.2 Å². The number of carbonyl (C=O) groups is 6. The van der Waals surface area contributed by atoms with Crippen LogP contribution in [-0.2, 0) is 33.5 Å². The smallest absolute Gasteiger partial charge is 0.287 e. The summed E-state index contributed by atoms with van der Waals surface area (Å²) in [5.74, 6) is -3.56. The second kappa shape index (κ2) is 7.26. The SMILES string of the molecule is COC1=C(C)C(=O)C2=C(C1=O)[C@H](CNC(=O)C(C)=O)N1C(=O)CN(C)C(=O)[C@@H]1C2. The predicted octanol–water partition coefficient (Wildman–Crippen LogP) is -1.50. The lowest BCUT2D eigenvalue weighted by molar-refractivity contribution is -0.157. The third-order valence-corrected chi connectivity index (χ3v) is 5.44. The van der Waals surface area contributed by atoms with Crippen molar-refractivity contribution >= 4 is 35.1 Å². The largest absolute Gasteiger partial charge is 0.492 e. The van der Waals surface area contributed by atoms with E-state index in [4.69, 9.17) is 4.74 Å². The van der Waals surface area contributed by atoms with E-state index in [1.165, 1.54) is 30.9 Å². The molecule has 2 atom stereocenters. The molecule has 3 rings (SSSR count). The van der Waals surface area contributed by atoms with Gasteiger partial charge in [0.1, 0.15) is 6.04 Å². The number of nitrogens with zero attached hydrogens (tertiary/aromatic N) is 2. The Balaban J connectivity index is 2.11. The van der Waals surface area contributed by atoms with Crippen molar-refractivity contribution in [1.82, 2.24) is 15.1 Å². The monoisotopic (exact) mass is 403 g/mol. The lowest BCUT2D eigenvalue weighted by Gasteiger charge is -2.47. The molecule has 29 heavy (non-hydrogen) atoms. The molecule has 154 valence electrons. The average molecular weight is 403 g/mol. The molecule has 0 saturated carbocycles. The molecule has 1 saturated heterocycles. The van der Waals surface area contributed by atoms with Crippen molar-refractivity contribution in [2.45, 2.75) is 32.4 Å². The Bertz CT molecular complexity index is 930. The number of piperazine rings is 1. The highest BCUT2D eigenvalue weighted by molar-refractivity contribution is 6.35. The van der Waals surface area contributed by atoms with E-state index in [2.05, 4.69) is 5.32 Å². The number of ether oxygens (including phenoxy) is 1. The van der Waals surface area contributed by atoms with Gasteiger partial charge in [-0.15, -0.1) is 0 Å². The lowest BCUT2D eigenvalue weighted by Crippen LogP contribution is -2.66. The van der Waals surface area contributed by atoms with Crippen LogP contribution in [0.25, 0.3) is 0 Å². The molecule has 10 nitrogen and oxygen atoms in total. The Labute approximate surface area is 166 Å². The summed E-state index contributed by atoms with van der Waals surface area (Å²) in [4.78, 5) is 77.0. The first-order valence-electron chi connectivity index (χ1n) is 9.02. The number of amides is 3. The normalized spacial score (nSPS) is 24.6. The van der Waals surface area contributed by atoms with Crippen LogP contribution in [0.15, 0.2) is 22.5 Å². The van der Waals surface area contributed by atoms with Crippen LogP contribution >= 0.6 is 0 Å². The molecule has 1 N–H and O–H groups in total. The summed E-state index contributed by atoms with van der Waals surface area (Å²) in [5.41, 5.74) is 0.274. The lowest BCUT2D eigenvalue weighted by atomic mass is 9.77. The summed E-state index contributed by atoms with van der Waals surface area (Å²) in [6.45, 7) is 2.06. The predicted molar refractivity (Wildman–Crippen MR) is 97.1 cm³/mol. The van der Waals surface area contributed by atoms with E-state index in [1.807, 2.05) is 0 Å². The number of hydrogen-bond acceptors (Lipinski definition) is 7. The summed E-state index contributed by atoms with van der Waals surface area (Å²) in [6.07, 6.45) is -0.0969. The standard InChI is InChI=1S/C19H21N3O7/c1-8-15(25)10-5-11-19(28)21(3)7-13(24)22(11)12(6-20-18(27)9(2)23)14(10)16(26)17(8)29-4/h11-12H,5-7H2,1-4H3,(H,20,27)/t11-,12-/m0/s1. The number of likely N-dealkylation sites (N-methyl/N-ethyl adjacent to an activating group) is 1. The minimum absolute atomic E-state index is 0.0169.